The molecule has 5 aliphatic carbocycles. The van der Waals surface area contributed by atoms with E-state index in [2.05, 4.69) is 41.5 Å². The Bertz CT molecular complexity index is 2020. The van der Waals surface area contributed by atoms with Gasteiger partial charge in [-0.15, -0.1) is 0 Å². The topological polar surface area (TPSA) is 343 Å². The molecule has 0 aromatic rings. The molecule has 29 atom stereocenters. The smallest absolute Gasteiger partial charge is 0.187 e. The summed E-state index contributed by atoms with van der Waals surface area (Å²) in [5, 5.41) is 130. The van der Waals surface area contributed by atoms with E-state index in [1.807, 2.05) is 0 Å². The Kier molecular flexibility index (Phi) is 15.0. The van der Waals surface area contributed by atoms with Gasteiger partial charge in [-0.25, -0.2) is 0 Å². The van der Waals surface area contributed by atoms with E-state index in [0.29, 0.717) is 25.9 Å². The van der Waals surface area contributed by atoms with Crippen LogP contribution < -0.4 is 0 Å². The molecular weight excluding hydrogens is 977 g/mol. The first-order valence-electron chi connectivity index (χ1n) is 27.1. The number of fused-ring (bicyclic) bond motifs is 4. The van der Waals surface area contributed by atoms with E-state index < -0.39 is 166 Å². The van der Waals surface area contributed by atoms with Crippen molar-refractivity contribution in [2.24, 2.45) is 50.2 Å². The van der Waals surface area contributed by atoms with Gasteiger partial charge in [-0.3, -0.25) is 0 Å². The number of hydrogen-bond donors (Lipinski definition) is 12. The molecule has 5 heterocycles. The van der Waals surface area contributed by atoms with Gasteiger partial charge in [-0.1, -0.05) is 41.5 Å². The lowest BCUT2D eigenvalue weighted by atomic mass is 9.30. The second-order valence-corrected chi connectivity index (χ2v) is 25.8. The van der Waals surface area contributed by atoms with Crippen molar-refractivity contribution in [1.82, 2.24) is 0 Å². The lowest BCUT2D eigenvalue weighted by molar-refractivity contribution is -0.392. The molecule has 10 rings (SSSR count). The maximum Gasteiger partial charge on any atom is 0.187 e. The highest BCUT2D eigenvalue weighted by Gasteiger charge is 2.80. The fourth-order valence-electron chi connectivity index (χ4n) is 17.4. The minimum Gasteiger partial charge on any atom is -0.394 e. The highest BCUT2D eigenvalue weighted by molar-refractivity contribution is 5.59. The molecule has 22 heteroatoms. The summed E-state index contributed by atoms with van der Waals surface area (Å²) in [5.41, 5.74) is -2.57. The van der Waals surface area contributed by atoms with Gasteiger partial charge in [-0.05, 0) is 98.2 Å². The molecule has 12 N–H and O–H groups in total. The Labute approximate surface area is 431 Å². The van der Waals surface area contributed by atoms with Crippen LogP contribution in [-0.2, 0) is 47.4 Å². The number of aldehydes is 1. The predicted octanol–water partition coefficient (Wildman–Crippen LogP) is -1.89. The van der Waals surface area contributed by atoms with Crippen molar-refractivity contribution in [2.75, 3.05) is 33.0 Å². The van der Waals surface area contributed by atoms with E-state index in [1.54, 1.807) is 0 Å². The largest absolute Gasteiger partial charge is 0.394 e. The molecule has 2 bridgehead atoms. The summed E-state index contributed by atoms with van der Waals surface area (Å²) in [6.07, 6.45) is -22.1. The van der Waals surface area contributed by atoms with E-state index in [4.69, 9.17) is 42.6 Å². The molecule has 5 aliphatic heterocycles. The van der Waals surface area contributed by atoms with Gasteiger partial charge >= 0.3 is 0 Å². The van der Waals surface area contributed by atoms with Gasteiger partial charge in [0.2, 0.25) is 0 Å². The Morgan fingerprint density at radius 3 is 1.86 bits per heavy atom. The fourth-order valence-corrected chi connectivity index (χ4v) is 17.4. The summed E-state index contributed by atoms with van der Waals surface area (Å²) in [6, 6.07) is 0. The van der Waals surface area contributed by atoms with Crippen molar-refractivity contribution in [3.63, 3.8) is 0 Å². The van der Waals surface area contributed by atoms with Crippen molar-refractivity contribution < 1.29 is 109 Å². The second kappa shape index (κ2) is 19.8. The highest BCUT2D eigenvalue weighted by Crippen LogP contribution is 2.80. The molecule has 5 saturated carbocycles. The van der Waals surface area contributed by atoms with Gasteiger partial charge in [0, 0.05) is 16.2 Å². The van der Waals surface area contributed by atoms with Gasteiger partial charge in [0.15, 0.2) is 25.2 Å². The van der Waals surface area contributed by atoms with Crippen LogP contribution in [0.1, 0.15) is 106 Å². The molecule has 74 heavy (non-hydrogen) atoms. The third kappa shape index (κ3) is 8.31. The number of aliphatic hydroxyl groups excluding tert-OH is 12. The Hall–Kier alpha value is -1.17. The maximum absolute atomic E-state index is 12.6. The Balaban J connectivity index is 0.901. The zero-order valence-corrected chi connectivity index (χ0v) is 43.4. The first kappa shape index (κ1) is 56.1. The molecule has 5 saturated heterocycles. The number of carbonyl (C=O) groups excluding carboxylic acids is 1. The third-order valence-electron chi connectivity index (χ3n) is 22.0. The fraction of sp³-hybridized carbons (Fsp3) is 0.981. The van der Waals surface area contributed by atoms with E-state index >= 15 is 0 Å². The molecule has 10 fully saturated rings. The highest BCUT2D eigenvalue weighted by atomic mass is 16.8. The summed E-state index contributed by atoms with van der Waals surface area (Å²) < 4.78 is 55.9. The Morgan fingerprint density at radius 1 is 0.554 bits per heavy atom. The average molecular weight is 1060 g/mol. The number of aliphatic hydroxyl groups is 12. The molecule has 424 valence electrons. The lowest BCUT2D eigenvalue weighted by Gasteiger charge is -2.75. The predicted molar refractivity (Wildman–Crippen MR) is 251 cm³/mol. The molecule has 10 aliphatic rings. The quantitative estimate of drug-likeness (QED) is 0.0795. The summed E-state index contributed by atoms with van der Waals surface area (Å²) in [7, 11) is 0. The first-order chi connectivity index (χ1) is 34.8. The SMILES string of the molecule is CC1(C)[C@H](O[C@H]2OC[C@@H](O[C@H]3O[C@H](CO)[C@@H](O)[C@@H](O)[C@H]3O[C@H]3OC[C@@H](O)[C@@H](O)[C@H]3O)[C@@H](O)[C@H]2O[C@H]2O[C@H](CO)[C@@H](O)[C@@H](O)[C@H]2O)CC[C@@]2(C)[C@H]1CC[C@]1(C)[C@H]2CC[C@]23OC[C@@]4(CC[C@@](C)(C=O)C[C@@H]42)[C@H](O)C[C@]31C. The molecular formula is C52H84O22. The standard InChI is InChI=1S/C52H84O22/c1-46(2)27-7-11-49(5)28(8-12-52-29-15-47(3,21-55)13-14-51(29,22-68-52)30(57)16-50(49,52)6)48(27,4)10-9-31(46)72-44-40(74-43-39(65)36(62)33(59)24(17-53)69-43)35(61)26(20-67-44)71-45-41(37(63)34(60)25(18-54)70-45)73-42-38(64)32(58)23(56)19-66-42/h21,23-45,53-54,56-65H,7-20,22H2,1-6H3/t23-,24-,25-,26-,27+,28+,29+,30-,31-,32-,33-,34-,35-,36-,37-,38-,39-,40-,41-,42-,43-,44-,45-,47-,48+,49-,50+,51-,52+/m1/s1. The van der Waals surface area contributed by atoms with Crippen molar-refractivity contribution >= 4 is 6.29 Å². The van der Waals surface area contributed by atoms with Crippen LogP contribution in [0.5, 0.6) is 0 Å². The minimum atomic E-state index is -1.89. The van der Waals surface area contributed by atoms with Gasteiger partial charge < -0.3 is 109 Å². The van der Waals surface area contributed by atoms with Crippen LogP contribution in [0, 0.1) is 50.2 Å². The average Bonchev–Trinajstić information content (AvgIpc) is 3.65. The number of carbonyl (C=O) groups is 1. The van der Waals surface area contributed by atoms with E-state index in [9.17, 15) is 66.1 Å². The molecule has 0 amide bonds. The van der Waals surface area contributed by atoms with Crippen molar-refractivity contribution in [2.45, 2.75) is 234 Å². The first-order valence-corrected chi connectivity index (χ1v) is 27.1. The van der Waals surface area contributed by atoms with Crippen LogP contribution >= 0.6 is 0 Å². The van der Waals surface area contributed by atoms with E-state index in [-0.39, 0.29) is 39.4 Å². The molecule has 0 radical (unpaired) electrons. The molecule has 0 aromatic heterocycles. The second-order valence-electron chi connectivity index (χ2n) is 25.8. The number of rotatable bonds is 11. The number of ether oxygens (including phenoxy) is 9. The van der Waals surface area contributed by atoms with E-state index in [0.717, 1.165) is 51.2 Å². The van der Waals surface area contributed by atoms with Crippen molar-refractivity contribution in [3.05, 3.63) is 0 Å². The molecule has 0 unspecified atom stereocenters. The van der Waals surface area contributed by atoms with Gasteiger partial charge in [-0.2, -0.15) is 0 Å². The summed E-state index contributed by atoms with van der Waals surface area (Å²) >= 11 is 0. The van der Waals surface area contributed by atoms with Crippen LogP contribution in [0.2, 0.25) is 0 Å². The van der Waals surface area contributed by atoms with Crippen LogP contribution in [-0.4, -0.2) is 229 Å². The summed E-state index contributed by atoms with van der Waals surface area (Å²) in [4.78, 5) is 12.6. The summed E-state index contributed by atoms with van der Waals surface area (Å²) in [6.45, 7) is 11.7. The maximum atomic E-state index is 12.6. The van der Waals surface area contributed by atoms with Crippen molar-refractivity contribution in [1.29, 1.82) is 0 Å². The Morgan fingerprint density at radius 2 is 1.18 bits per heavy atom. The molecule has 22 nitrogen and oxygen atoms in total. The molecule has 0 aromatic carbocycles. The van der Waals surface area contributed by atoms with Crippen LogP contribution in [0.4, 0.5) is 0 Å². The lowest BCUT2D eigenvalue weighted by Crippen LogP contribution is -2.74. The zero-order chi connectivity index (χ0) is 53.5. The van der Waals surface area contributed by atoms with Crippen molar-refractivity contribution in [3.8, 4) is 0 Å². The number of hydrogen-bond acceptors (Lipinski definition) is 22. The van der Waals surface area contributed by atoms with Gasteiger partial charge in [0.1, 0.15) is 91.7 Å². The van der Waals surface area contributed by atoms with Crippen LogP contribution in [0.15, 0.2) is 0 Å². The third-order valence-corrected chi connectivity index (χ3v) is 22.0. The van der Waals surface area contributed by atoms with Gasteiger partial charge in [0.25, 0.3) is 0 Å². The van der Waals surface area contributed by atoms with Crippen LogP contribution in [0.3, 0.4) is 0 Å². The molecule has 1 spiro atoms. The normalized spacial score (nSPS) is 58.1. The summed E-state index contributed by atoms with van der Waals surface area (Å²) in [5.74, 6) is 0.456. The van der Waals surface area contributed by atoms with Gasteiger partial charge in [0.05, 0.1) is 50.8 Å². The van der Waals surface area contributed by atoms with E-state index in [1.165, 1.54) is 0 Å². The minimum absolute atomic E-state index is 0.0727. The zero-order valence-electron chi connectivity index (χ0n) is 43.4. The van der Waals surface area contributed by atoms with Crippen LogP contribution in [0.25, 0.3) is 0 Å². The monoisotopic (exact) mass is 1060 g/mol.